The number of aromatic nitrogens is 2. The zero-order valence-corrected chi connectivity index (χ0v) is 9.93. The first-order chi connectivity index (χ1) is 7.00. The van der Waals surface area contributed by atoms with Crippen molar-refractivity contribution in [3.05, 3.63) is 21.9 Å². The lowest BCUT2D eigenvalue weighted by Gasteiger charge is -2.07. The Labute approximate surface area is 98.0 Å². The Kier molecular flexibility index (Phi) is 4.29. The molecule has 4 nitrogen and oxygen atoms in total. The zero-order chi connectivity index (χ0) is 11.4. The Bertz CT molecular complexity index is 368. The summed E-state index contributed by atoms with van der Waals surface area (Å²) in [5.41, 5.74) is 0.248. The Morgan fingerprint density at radius 1 is 1.47 bits per heavy atom. The van der Waals surface area contributed by atoms with Gasteiger partial charge in [-0.25, -0.2) is 0 Å². The molecule has 0 aliphatic rings. The largest absolute Gasteiger partial charge is 0.352 e. The maximum atomic E-state index is 11.6. The Morgan fingerprint density at radius 3 is 2.73 bits per heavy atom. The van der Waals surface area contributed by atoms with Crippen molar-refractivity contribution < 1.29 is 4.79 Å². The Balaban J connectivity index is 2.77. The van der Waals surface area contributed by atoms with Gasteiger partial charge in [-0.3, -0.25) is 4.79 Å². The lowest BCUT2D eigenvalue weighted by atomic mass is 10.2. The van der Waals surface area contributed by atoms with Gasteiger partial charge in [0.15, 0.2) is 10.3 Å². The standard InChI is InChI=1S/C9H11Cl2N3O/c1-5(2)4-12-9(15)6-3-7(10)13-14-8(6)11/h3,5H,4H2,1-2H3,(H,12,15). The third-order valence-corrected chi connectivity index (χ3v) is 2.10. The van der Waals surface area contributed by atoms with Gasteiger partial charge in [0, 0.05) is 6.54 Å². The number of hydrogen-bond acceptors (Lipinski definition) is 3. The van der Waals surface area contributed by atoms with Crippen molar-refractivity contribution in [3.63, 3.8) is 0 Å². The number of amides is 1. The molecule has 1 rings (SSSR count). The van der Waals surface area contributed by atoms with Gasteiger partial charge in [-0.2, -0.15) is 0 Å². The summed E-state index contributed by atoms with van der Waals surface area (Å²) in [6, 6.07) is 1.40. The van der Waals surface area contributed by atoms with E-state index in [1.807, 2.05) is 13.8 Å². The van der Waals surface area contributed by atoms with Crippen LogP contribution >= 0.6 is 23.2 Å². The van der Waals surface area contributed by atoms with Crippen LogP contribution in [0.15, 0.2) is 6.07 Å². The number of nitrogens with zero attached hydrogens (tertiary/aromatic N) is 2. The second-order valence-electron chi connectivity index (χ2n) is 3.48. The topological polar surface area (TPSA) is 54.9 Å². The average Bonchev–Trinajstić information content (AvgIpc) is 2.18. The van der Waals surface area contributed by atoms with E-state index in [4.69, 9.17) is 23.2 Å². The van der Waals surface area contributed by atoms with Crippen molar-refractivity contribution >= 4 is 29.1 Å². The normalized spacial score (nSPS) is 10.5. The Morgan fingerprint density at radius 2 is 2.13 bits per heavy atom. The number of nitrogens with one attached hydrogen (secondary N) is 1. The van der Waals surface area contributed by atoms with E-state index in [9.17, 15) is 4.79 Å². The van der Waals surface area contributed by atoms with E-state index in [0.717, 1.165) is 0 Å². The van der Waals surface area contributed by atoms with E-state index in [1.54, 1.807) is 0 Å². The van der Waals surface area contributed by atoms with Gasteiger partial charge >= 0.3 is 0 Å². The monoisotopic (exact) mass is 247 g/mol. The molecule has 1 heterocycles. The van der Waals surface area contributed by atoms with Crippen LogP contribution in [0.3, 0.4) is 0 Å². The number of halogens is 2. The molecule has 0 saturated carbocycles. The highest BCUT2D eigenvalue weighted by molar-refractivity contribution is 6.34. The van der Waals surface area contributed by atoms with Crippen LogP contribution in [0.5, 0.6) is 0 Å². The second kappa shape index (κ2) is 5.28. The maximum Gasteiger partial charge on any atom is 0.254 e. The molecule has 0 radical (unpaired) electrons. The number of carbonyl (C=O) groups excluding carboxylic acids is 1. The molecule has 0 bridgehead atoms. The van der Waals surface area contributed by atoms with Gasteiger partial charge in [0.05, 0.1) is 5.56 Å². The molecule has 0 aliphatic carbocycles. The van der Waals surface area contributed by atoms with Gasteiger partial charge in [-0.15, -0.1) is 10.2 Å². The van der Waals surface area contributed by atoms with Crippen LogP contribution in [0, 0.1) is 5.92 Å². The van der Waals surface area contributed by atoms with E-state index in [-0.39, 0.29) is 21.8 Å². The first-order valence-corrected chi connectivity index (χ1v) is 5.23. The van der Waals surface area contributed by atoms with Gasteiger partial charge < -0.3 is 5.32 Å². The Hall–Kier alpha value is -0.870. The number of carbonyl (C=O) groups is 1. The van der Waals surface area contributed by atoms with Crippen LogP contribution in [-0.4, -0.2) is 22.6 Å². The van der Waals surface area contributed by atoms with Crippen LogP contribution in [0.25, 0.3) is 0 Å². The minimum absolute atomic E-state index is 0.0562. The lowest BCUT2D eigenvalue weighted by Crippen LogP contribution is -2.27. The summed E-state index contributed by atoms with van der Waals surface area (Å²) in [6.45, 7) is 4.58. The maximum absolute atomic E-state index is 11.6. The lowest BCUT2D eigenvalue weighted by molar-refractivity contribution is 0.0948. The zero-order valence-electron chi connectivity index (χ0n) is 8.42. The molecule has 82 valence electrons. The SMILES string of the molecule is CC(C)CNC(=O)c1cc(Cl)nnc1Cl. The molecule has 0 spiro atoms. The molecular weight excluding hydrogens is 237 g/mol. The molecular formula is C9H11Cl2N3O. The molecule has 1 aromatic heterocycles. The van der Waals surface area contributed by atoms with Gasteiger partial charge in [-0.1, -0.05) is 37.0 Å². The fourth-order valence-electron chi connectivity index (χ4n) is 0.904. The van der Waals surface area contributed by atoms with Gasteiger partial charge in [0.25, 0.3) is 5.91 Å². The first-order valence-electron chi connectivity index (χ1n) is 4.47. The van der Waals surface area contributed by atoms with Crippen molar-refractivity contribution in [3.8, 4) is 0 Å². The predicted octanol–water partition coefficient (Wildman–Crippen LogP) is 2.17. The van der Waals surface area contributed by atoms with E-state index < -0.39 is 0 Å². The fraction of sp³-hybridized carbons (Fsp3) is 0.444. The van der Waals surface area contributed by atoms with E-state index >= 15 is 0 Å². The third-order valence-electron chi connectivity index (χ3n) is 1.63. The molecule has 0 atom stereocenters. The summed E-state index contributed by atoms with van der Waals surface area (Å²) in [5, 5.41) is 9.99. The minimum atomic E-state index is -0.287. The number of hydrogen-bond donors (Lipinski definition) is 1. The highest BCUT2D eigenvalue weighted by Crippen LogP contribution is 2.14. The summed E-state index contributed by atoms with van der Waals surface area (Å²) in [4.78, 5) is 11.6. The summed E-state index contributed by atoms with van der Waals surface area (Å²) in [6.07, 6.45) is 0. The smallest absolute Gasteiger partial charge is 0.254 e. The minimum Gasteiger partial charge on any atom is -0.352 e. The fourth-order valence-corrected chi connectivity index (χ4v) is 1.23. The molecule has 1 aromatic rings. The van der Waals surface area contributed by atoms with Crippen LogP contribution in [-0.2, 0) is 0 Å². The van der Waals surface area contributed by atoms with Gasteiger partial charge in [0.2, 0.25) is 0 Å². The molecule has 6 heteroatoms. The van der Waals surface area contributed by atoms with Crippen molar-refractivity contribution in [1.82, 2.24) is 15.5 Å². The molecule has 0 saturated heterocycles. The molecule has 1 amide bonds. The van der Waals surface area contributed by atoms with Crippen molar-refractivity contribution in [2.75, 3.05) is 6.54 Å². The summed E-state index contributed by atoms with van der Waals surface area (Å²) in [7, 11) is 0. The van der Waals surface area contributed by atoms with Crippen LogP contribution in [0.1, 0.15) is 24.2 Å². The molecule has 0 fully saturated rings. The first kappa shape index (κ1) is 12.2. The van der Waals surface area contributed by atoms with E-state index in [0.29, 0.717) is 12.5 Å². The van der Waals surface area contributed by atoms with Gasteiger partial charge in [-0.05, 0) is 12.0 Å². The summed E-state index contributed by atoms with van der Waals surface area (Å²) < 4.78 is 0. The summed E-state index contributed by atoms with van der Waals surface area (Å²) >= 11 is 11.3. The van der Waals surface area contributed by atoms with Crippen LogP contribution in [0.2, 0.25) is 10.3 Å². The molecule has 0 aromatic carbocycles. The van der Waals surface area contributed by atoms with Crippen LogP contribution in [0.4, 0.5) is 0 Å². The van der Waals surface area contributed by atoms with Gasteiger partial charge in [0.1, 0.15) is 0 Å². The molecule has 0 aliphatic heterocycles. The highest BCUT2D eigenvalue weighted by atomic mass is 35.5. The molecule has 0 unspecified atom stereocenters. The average molecular weight is 248 g/mol. The van der Waals surface area contributed by atoms with Crippen LogP contribution < -0.4 is 5.32 Å². The quantitative estimate of drug-likeness (QED) is 0.891. The molecule has 15 heavy (non-hydrogen) atoms. The van der Waals surface area contributed by atoms with E-state index in [1.165, 1.54) is 6.07 Å². The highest BCUT2D eigenvalue weighted by Gasteiger charge is 2.12. The molecule has 1 N–H and O–H groups in total. The van der Waals surface area contributed by atoms with Crippen molar-refractivity contribution in [2.45, 2.75) is 13.8 Å². The third kappa shape index (κ3) is 3.64. The van der Waals surface area contributed by atoms with E-state index in [2.05, 4.69) is 15.5 Å². The van der Waals surface area contributed by atoms with Crippen molar-refractivity contribution in [2.24, 2.45) is 5.92 Å². The number of rotatable bonds is 3. The predicted molar refractivity (Wildman–Crippen MR) is 59.2 cm³/mol. The van der Waals surface area contributed by atoms with Crippen molar-refractivity contribution in [1.29, 1.82) is 0 Å². The summed E-state index contributed by atoms with van der Waals surface area (Å²) in [5.74, 6) is 0.0866. The second-order valence-corrected chi connectivity index (χ2v) is 4.22.